The van der Waals surface area contributed by atoms with Crippen LogP contribution in [0.5, 0.6) is 5.88 Å². The molecule has 48 heavy (non-hydrogen) atoms. The van der Waals surface area contributed by atoms with E-state index in [2.05, 4.69) is 40.9 Å². The highest BCUT2D eigenvalue weighted by molar-refractivity contribution is 6.10. The van der Waals surface area contributed by atoms with Crippen LogP contribution in [0.2, 0.25) is 0 Å². The summed E-state index contributed by atoms with van der Waals surface area (Å²) in [7, 11) is 3.95. The number of piperazine rings is 1. The lowest BCUT2D eigenvalue weighted by molar-refractivity contribution is -0.138. The Balaban J connectivity index is 1.25. The van der Waals surface area contributed by atoms with Crippen molar-refractivity contribution in [2.45, 2.75) is 82.8 Å². The van der Waals surface area contributed by atoms with Crippen LogP contribution in [0.3, 0.4) is 0 Å². The summed E-state index contributed by atoms with van der Waals surface area (Å²) in [6, 6.07) is 6.82. The molecule has 10 nitrogen and oxygen atoms in total. The second kappa shape index (κ2) is 12.7. The number of alkyl halides is 3. The lowest BCUT2D eigenvalue weighted by Crippen LogP contribution is -2.53. The van der Waals surface area contributed by atoms with Gasteiger partial charge < -0.3 is 18.9 Å². The van der Waals surface area contributed by atoms with Gasteiger partial charge in [-0.3, -0.25) is 14.6 Å². The molecule has 3 fully saturated rings. The van der Waals surface area contributed by atoms with Crippen molar-refractivity contribution >= 4 is 11.7 Å². The van der Waals surface area contributed by atoms with Crippen LogP contribution in [-0.2, 0) is 42.9 Å². The molecule has 1 aromatic carbocycles. The van der Waals surface area contributed by atoms with Crippen molar-refractivity contribution < 1.29 is 27.4 Å². The van der Waals surface area contributed by atoms with Gasteiger partial charge in [-0.25, -0.2) is 0 Å². The van der Waals surface area contributed by atoms with Gasteiger partial charge in [0.1, 0.15) is 24.1 Å². The molecule has 1 aliphatic carbocycles. The number of rotatable bonds is 9. The van der Waals surface area contributed by atoms with Gasteiger partial charge in [0.25, 0.3) is 5.91 Å². The standard InChI is InChI=1S/C35H44F3N7O3/c1-22(2)29-18-42(3)9-10-44(29)16-23-11-26-27(28(12-23)35(36,37)38)17-45(33(26)46)30-13-24(14-32(40-30)48-25-7-5-6-8-25)34(19-47-20-34)15-31-41-39-21-43(31)4/h11-14,21-22,25,29H,5-10,15-20H2,1-4H3/t29-/m0/s1. The molecule has 1 atom stereocenters. The normalized spacial score (nSPS) is 22.0. The van der Waals surface area contributed by atoms with Gasteiger partial charge in [-0.1, -0.05) is 13.8 Å². The highest BCUT2D eigenvalue weighted by Crippen LogP contribution is 2.43. The van der Waals surface area contributed by atoms with E-state index in [1.807, 2.05) is 23.7 Å². The average Bonchev–Trinajstić information content (AvgIpc) is 3.76. The first-order valence-corrected chi connectivity index (χ1v) is 17.0. The molecule has 13 heteroatoms. The second-order valence-corrected chi connectivity index (χ2v) is 14.5. The van der Waals surface area contributed by atoms with Crippen molar-refractivity contribution in [2.75, 3.05) is 44.8 Å². The van der Waals surface area contributed by atoms with E-state index in [1.54, 1.807) is 12.4 Å². The van der Waals surface area contributed by atoms with E-state index >= 15 is 0 Å². The Morgan fingerprint density at radius 2 is 1.85 bits per heavy atom. The molecular formula is C35H44F3N7O3. The molecule has 1 saturated carbocycles. The SMILES string of the molecule is CC(C)[C@@H]1CN(C)CCN1Cc1cc2c(c(C(F)(F)F)c1)CN(c1cc(C3(Cc4nncn4C)COC3)cc(OC3CCCC3)n1)C2=O. The molecule has 2 saturated heterocycles. The number of anilines is 1. The van der Waals surface area contributed by atoms with Gasteiger partial charge in [-0.2, -0.15) is 18.2 Å². The number of pyridine rings is 1. The quantitative estimate of drug-likeness (QED) is 0.316. The number of fused-ring (bicyclic) bond motifs is 1. The molecular weight excluding hydrogens is 623 g/mol. The number of carbonyl (C=O) groups excluding carboxylic acids is 1. The summed E-state index contributed by atoms with van der Waals surface area (Å²) in [6.07, 6.45) is 1.51. The number of aryl methyl sites for hydroxylation is 1. The topological polar surface area (TPSA) is 88.8 Å². The average molecular weight is 668 g/mol. The number of carbonyl (C=O) groups is 1. The fraction of sp³-hybridized carbons (Fsp3) is 0.600. The van der Waals surface area contributed by atoms with Crippen molar-refractivity contribution in [3.05, 3.63) is 64.2 Å². The summed E-state index contributed by atoms with van der Waals surface area (Å²) in [5, 5.41) is 8.32. The minimum Gasteiger partial charge on any atom is -0.474 e. The van der Waals surface area contributed by atoms with Gasteiger partial charge >= 0.3 is 6.18 Å². The molecule has 5 heterocycles. The molecule has 4 aliphatic rings. The third-order valence-corrected chi connectivity index (χ3v) is 10.6. The second-order valence-electron chi connectivity index (χ2n) is 14.5. The summed E-state index contributed by atoms with van der Waals surface area (Å²) >= 11 is 0. The maximum absolute atomic E-state index is 14.7. The third kappa shape index (κ3) is 6.32. The van der Waals surface area contributed by atoms with Gasteiger partial charge in [0.2, 0.25) is 5.88 Å². The number of aromatic nitrogens is 4. The molecule has 0 unspecified atom stereocenters. The number of hydrogen-bond acceptors (Lipinski definition) is 8. The zero-order valence-electron chi connectivity index (χ0n) is 28.1. The summed E-state index contributed by atoms with van der Waals surface area (Å²) in [6.45, 7) is 7.68. The Bertz CT molecular complexity index is 1670. The van der Waals surface area contributed by atoms with Gasteiger partial charge in [0.05, 0.1) is 25.3 Å². The Kier molecular flexibility index (Phi) is 8.74. The van der Waals surface area contributed by atoms with Crippen LogP contribution in [0.15, 0.2) is 30.6 Å². The van der Waals surface area contributed by atoms with Crippen LogP contribution < -0.4 is 9.64 Å². The number of amides is 1. The van der Waals surface area contributed by atoms with E-state index in [4.69, 9.17) is 14.5 Å². The van der Waals surface area contributed by atoms with Crippen molar-refractivity contribution in [3.8, 4) is 5.88 Å². The maximum Gasteiger partial charge on any atom is 0.416 e. The first-order chi connectivity index (χ1) is 22.9. The third-order valence-electron chi connectivity index (χ3n) is 10.6. The molecule has 2 aromatic heterocycles. The number of likely N-dealkylation sites (N-methyl/N-ethyl adjacent to an activating group) is 1. The van der Waals surface area contributed by atoms with Crippen LogP contribution in [0.25, 0.3) is 0 Å². The summed E-state index contributed by atoms with van der Waals surface area (Å²) in [4.78, 5) is 24.8. The highest BCUT2D eigenvalue weighted by atomic mass is 19.4. The number of ether oxygens (including phenoxy) is 2. The van der Waals surface area contributed by atoms with Crippen molar-refractivity contribution in [3.63, 3.8) is 0 Å². The van der Waals surface area contributed by atoms with Gasteiger partial charge in [-0.15, -0.1) is 10.2 Å². The smallest absolute Gasteiger partial charge is 0.416 e. The summed E-state index contributed by atoms with van der Waals surface area (Å²) in [5.74, 6) is 1.27. The fourth-order valence-electron chi connectivity index (χ4n) is 7.71. The molecule has 0 radical (unpaired) electrons. The first-order valence-electron chi connectivity index (χ1n) is 17.0. The van der Waals surface area contributed by atoms with Crippen LogP contribution in [0.1, 0.15) is 78.0 Å². The molecule has 0 spiro atoms. The lowest BCUT2D eigenvalue weighted by atomic mass is 9.75. The number of hydrogen-bond donors (Lipinski definition) is 0. The van der Waals surface area contributed by atoms with Crippen LogP contribution >= 0.6 is 0 Å². The Morgan fingerprint density at radius 3 is 2.50 bits per heavy atom. The fourth-order valence-corrected chi connectivity index (χ4v) is 7.71. The zero-order valence-corrected chi connectivity index (χ0v) is 28.1. The summed E-state index contributed by atoms with van der Waals surface area (Å²) < 4.78 is 58.0. The van der Waals surface area contributed by atoms with Crippen LogP contribution in [-0.4, -0.2) is 87.5 Å². The van der Waals surface area contributed by atoms with Crippen molar-refractivity contribution in [1.29, 1.82) is 0 Å². The number of benzene rings is 1. The predicted octanol–water partition coefficient (Wildman–Crippen LogP) is 4.99. The molecule has 0 N–H and O–H groups in total. The van der Waals surface area contributed by atoms with E-state index in [0.717, 1.165) is 56.7 Å². The molecule has 3 aromatic rings. The van der Waals surface area contributed by atoms with Crippen molar-refractivity contribution in [1.82, 2.24) is 29.5 Å². The predicted molar refractivity (Wildman–Crippen MR) is 173 cm³/mol. The minimum atomic E-state index is -4.62. The summed E-state index contributed by atoms with van der Waals surface area (Å²) in [5.41, 5.74) is 0.188. The van der Waals surface area contributed by atoms with Crippen LogP contribution in [0.4, 0.5) is 19.0 Å². The Labute approximate surface area is 279 Å². The molecule has 258 valence electrons. The van der Waals surface area contributed by atoms with Gasteiger partial charge in [-0.05, 0) is 73.5 Å². The monoisotopic (exact) mass is 667 g/mol. The molecule has 0 bridgehead atoms. The molecule has 1 amide bonds. The first kappa shape index (κ1) is 33.0. The van der Waals surface area contributed by atoms with Gasteiger partial charge in [0, 0.05) is 62.7 Å². The lowest BCUT2D eigenvalue weighted by Gasteiger charge is -2.42. The largest absolute Gasteiger partial charge is 0.474 e. The van der Waals surface area contributed by atoms with Crippen molar-refractivity contribution in [2.24, 2.45) is 13.0 Å². The van der Waals surface area contributed by atoms with Gasteiger partial charge in [0.15, 0.2) is 0 Å². The van der Waals surface area contributed by atoms with Crippen LogP contribution in [0, 0.1) is 5.92 Å². The van der Waals surface area contributed by atoms with E-state index < -0.39 is 23.1 Å². The van der Waals surface area contributed by atoms with E-state index in [1.165, 1.54) is 11.0 Å². The molecule has 7 rings (SSSR count). The minimum absolute atomic E-state index is 0.00281. The van der Waals surface area contributed by atoms with E-state index in [-0.39, 0.29) is 35.6 Å². The maximum atomic E-state index is 14.7. The Hall–Kier alpha value is -3.55. The zero-order chi connectivity index (χ0) is 33.8. The number of nitrogens with zero attached hydrogens (tertiary/aromatic N) is 7. The highest BCUT2D eigenvalue weighted by Gasteiger charge is 2.45. The van der Waals surface area contributed by atoms with E-state index in [0.29, 0.717) is 43.5 Å². The number of halogens is 3. The molecule has 3 aliphatic heterocycles. The van der Waals surface area contributed by atoms with E-state index in [9.17, 15) is 18.0 Å². The Morgan fingerprint density at radius 1 is 1.08 bits per heavy atom.